The smallest absolute Gasteiger partial charge is 0.166 e. The van der Waals surface area contributed by atoms with Gasteiger partial charge in [0.25, 0.3) is 0 Å². The monoisotopic (exact) mass is 192 g/mol. The molecule has 0 aromatic carbocycles. The third kappa shape index (κ3) is 2.68. The molecule has 0 aliphatic carbocycles. The Hall–Kier alpha value is -1.67. The van der Waals surface area contributed by atoms with Crippen LogP contribution in [-0.2, 0) is 0 Å². The minimum atomic E-state index is 0.0730. The third-order valence-corrected chi connectivity index (χ3v) is 1.79. The van der Waals surface area contributed by atoms with E-state index in [0.29, 0.717) is 17.8 Å². The number of aromatic nitrogens is 2. The largest absolute Gasteiger partial charge is 0.396 e. The highest BCUT2D eigenvalue weighted by Gasteiger charge is 2.06. The van der Waals surface area contributed by atoms with E-state index < -0.39 is 0 Å². The first-order valence-electron chi connectivity index (χ1n) is 4.37. The lowest BCUT2D eigenvalue weighted by Crippen LogP contribution is -2.18. The molecular weight excluding hydrogens is 180 g/mol. The van der Waals surface area contributed by atoms with Crippen LogP contribution in [0.15, 0.2) is 12.3 Å². The minimum absolute atomic E-state index is 0.0730. The second kappa shape index (κ2) is 5.14. The van der Waals surface area contributed by atoms with E-state index in [1.54, 1.807) is 6.07 Å². The van der Waals surface area contributed by atoms with E-state index in [2.05, 4.69) is 15.5 Å². The zero-order valence-electron chi connectivity index (χ0n) is 7.94. The molecule has 1 unspecified atom stereocenters. The van der Waals surface area contributed by atoms with E-state index in [1.807, 2.05) is 13.0 Å². The van der Waals surface area contributed by atoms with Crippen LogP contribution < -0.4 is 5.32 Å². The molecule has 2 N–H and O–H groups in total. The first-order chi connectivity index (χ1) is 6.77. The predicted molar refractivity (Wildman–Crippen MR) is 51.5 cm³/mol. The van der Waals surface area contributed by atoms with Crippen molar-refractivity contribution in [1.82, 2.24) is 10.2 Å². The van der Waals surface area contributed by atoms with Gasteiger partial charge in [-0.15, -0.1) is 5.10 Å². The van der Waals surface area contributed by atoms with Gasteiger partial charge in [0.15, 0.2) is 5.82 Å². The molecule has 0 amide bonds. The quantitative estimate of drug-likeness (QED) is 0.727. The summed E-state index contributed by atoms with van der Waals surface area (Å²) >= 11 is 0. The van der Waals surface area contributed by atoms with E-state index in [0.717, 1.165) is 0 Å². The highest BCUT2D eigenvalue weighted by molar-refractivity contribution is 5.50. The molecule has 0 spiro atoms. The summed E-state index contributed by atoms with van der Waals surface area (Å²) < 4.78 is 0. The number of hydrogen-bond donors (Lipinski definition) is 2. The molecule has 14 heavy (non-hydrogen) atoms. The molecule has 0 fully saturated rings. The van der Waals surface area contributed by atoms with Gasteiger partial charge in [-0.3, -0.25) is 0 Å². The topological polar surface area (TPSA) is 81.8 Å². The van der Waals surface area contributed by atoms with Crippen molar-refractivity contribution < 1.29 is 5.11 Å². The Labute approximate surface area is 82.4 Å². The summed E-state index contributed by atoms with van der Waals surface area (Å²) in [5.74, 6) is 0.468. The molecule has 1 atom stereocenters. The fourth-order valence-electron chi connectivity index (χ4n) is 1.03. The number of aliphatic hydroxyl groups excluding tert-OH is 1. The van der Waals surface area contributed by atoms with E-state index in [9.17, 15) is 0 Å². The molecule has 74 valence electrons. The van der Waals surface area contributed by atoms with Crippen LogP contribution >= 0.6 is 0 Å². The van der Waals surface area contributed by atoms with Gasteiger partial charge in [-0.05, 0) is 19.4 Å². The van der Waals surface area contributed by atoms with Crippen molar-refractivity contribution >= 4 is 5.82 Å². The molecule has 0 saturated carbocycles. The van der Waals surface area contributed by atoms with Crippen LogP contribution in [0.3, 0.4) is 0 Å². The Bertz CT molecular complexity index is 334. The van der Waals surface area contributed by atoms with Crippen LogP contribution in [-0.4, -0.2) is 28.0 Å². The average molecular weight is 192 g/mol. The van der Waals surface area contributed by atoms with Gasteiger partial charge in [0.1, 0.15) is 6.07 Å². The van der Waals surface area contributed by atoms with E-state index in [4.69, 9.17) is 10.4 Å². The standard InChI is InChI=1S/C9H12N4O/c1-7(3-5-14)12-9-8(6-10)2-4-11-13-9/h2,4,7,14H,3,5H2,1H3,(H,12,13). The molecule has 5 heteroatoms. The van der Waals surface area contributed by atoms with Gasteiger partial charge in [0, 0.05) is 12.6 Å². The molecule has 1 aromatic heterocycles. The highest BCUT2D eigenvalue weighted by Crippen LogP contribution is 2.10. The Morgan fingerprint density at radius 2 is 2.50 bits per heavy atom. The van der Waals surface area contributed by atoms with Crippen LogP contribution in [0.2, 0.25) is 0 Å². The lowest BCUT2D eigenvalue weighted by atomic mass is 10.2. The maximum atomic E-state index is 8.75. The number of anilines is 1. The molecule has 0 radical (unpaired) electrons. The number of hydrogen-bond acceptors (Lipinski definition) is 5. The molecule has 0 aliphatic rings. The van der Waals surface area contributed by atoms with Crippen LogP contribution in [0.5, 0.6) is 0 Å². The second-order valence-electron chi connectivity index (χ2n) is 2.96. The van der Waals surface area contributed by atoms with Crippen LogP contribution in [0.4, 0.5) is 5.82 Å². The first kappa shape index (κ1) is 10.4. The second-order valence-corrected chi connectivity index (χ2v) is 2.96. The average Bonchev–Trinajstić information content (AvgIpc) is 2.19. The van der Waals surface area contributed by atoms with Gasteiger partial charge in [-0.25, -0.2) is 0 Å². The fourth-order valence-corrected chi connectivity index (χ4v) is 1.03. The van der Waals surface area contributed by atoms with Crippen molar-refractivity contribution in [1.29, 1.82) is 5.26 Å². The van der Waals surface area contributed by atoms with Crippen molar-refractivity contribution in [2.75, 3.05) is 11.9 Å². The molecular formula is C9H12N4O. The molecule has 1 heterocycles. The Morgan fingerprint density at radius 1 is 1.71 bits per heavy atom. The molecule has 0 saturated heterocycles. The molecule has 0 bridgehead atoms. The van der Waals surface area contributed by atoms with Gasteiger partial charge in [0.2, 0.25) is 0 Å². The Morgan fingerprint density at radius 3 is 3.14 bits per heavy atom. The summed E-state index contributed by atoms with van der Waals surface area (Å²) in [6.07, 6.45) is 2.09. The number of aliphatic hydroxyl groups is 1. The summed E-state index contributed by atoms with van der Waals surface area (Å²) in [5, 5.41) is 27.9. The van der Waals surface area contributed by atoms with Crippen LogP contribution in [0, 0.1) is 11.3 Å². The summed E-state index contributed by atoms with van der Waals surface area (Å²) in [4.78, 5) is 0. The maximum absolute atomic E-state index is 8.75. The van der Waals surface area contributed by atoms with Crippen molar-refractivity contribution in [3.8, 4) is 6.07 Å². The van der Waals surface area contributed by atoms with Crippen LogP contribution in [0.1, 0.15) is 18.9 Å². The van der Waals surface area contributed by atoms with E-state index in [1.165, 1.54) is 6.20 Å². The number of nitrogens with zero attached hydrogens (tertiary/aromatic N) is 3. The van der Waals surface area contributed by atoms with Crippen molar-refractivity contribution in [3.63, 3.8) is 0 Å². The van der Waals surface area contributed by atoms with Crippen LogP contribution in [0.25, 0.3) is 0 Å². The Balaban J connectivity index is 2.71. The summed E-state index contributed by atoms with van der Waals surface area (Å²) in [7, 11) is 0. The molecule has 5 nitrogen and oxygen atoms in total. The van der Waals surface area contributed by atoms with Crippen molar-refractivity contribution in [2.45, 2.75) is 19.4 Å². The SMILES string of the molecule is CC(CCO)Nc1nnccc1C#N. The zero-order chi connectivity index (χ0) is 10.4. The lowest BCUT2D eigenvalue weighted by molar-refractivity contribution is 0.282. The number of nitriles is 1. The molecule has 1 rings (SSSR count). The van der Waals surface area contributed by atoms with E-state index in [-0.39, 0.29) is 12.6 Å². The number of rotatable bonds is 4. The maximum Gasteiger partial charge on any atom is 0.166 e. The van der Waals surface area contributed by atoms with Gasteiger partial charge in [-0.2, -0.15) is 10.4 Å². The van der Waals surface area contributed by atoms with Crippen molar-refractivity contribution in [2.24, 2.45) is 0 Å². The predicted octanol–water partition coefficient (Wildman–Crippen LogP) is 0.531. The van der Waals surface area contributed by atoms with Gasteiger partial charge >= 0.3 is 0 Å². The summed E-state index contributed by atoms with van der Waals surface area (Å²) in [6, 6.07) is 3.69. The molecule has 0 aliphatic heterocycles. The molecule has 1 aromatic rings. The first-order valence-corrected chi connectivity index (χ1v) is 4.37. The Kier molecular flexibility index (Phi) is 3.83. The normalized spacial score (nSPS) is 11.8. The summed E-state index contributed by atoms with van der Waals surface area (Å²) in [5.41, 5.74) is 0.463. The lowest BCUT2D eigenvalue weighted by Gasteiger charge is -2.12. The van der Waals surface area contributed by atoms with E-state index >= 15 is 0 Å². The van der Waals surface area contributed by atoms with Gasteiger partial charge < -0.3 is 10.4 Å². The van der Waals surface area contributed by atoms with Crippen molar-refractivity contribution in [3.05, 3.63) is 17.8 Å². The fraction of sp³-hybridized carbons (Fsp3) is 0.444. The highest BCUT2D eigenvalue weighted by atomic mass is 16.3. The number of nitrogens with one attached hydrogen (secondary N) is 1. The van der Waals surface area contributed by atoms with Gasteiger partial charge in [-0.1, -0.05) is 0 Å². The van der Waals surface area contributed by atoms with Gasteiger partial charge in [0.05, 0.1) is 11.8 Å². The zero-order valence-corrected chi connectivity index (χ0v) is 7.94. The minimum Gasteiger partial charge on any atom is -0.396 e. The summed E-state index contributed by atoms with van der Waals surface area (Å²) in [6.45, 7) is 2.02. The third-order valence-electron chi connectivity index (χ3n) is 1.79.